The number of aliphatic hydroxyl groups is 1. The van der Waals surface area contributed by atoms with E-state index in [1.807, 2.05) is 0 Å². The Morgan fingerprint density at radius 2 is 1.95 bits per heavy atom. The fourth-order valence-corrected chi connectivity index (χ4v) is 2.30. The van der Waals surface area contributed by atoms with E-state index in [9.17, 15) is 4.79 Å². The Kier molecular flexibility index (Phi) is 6.07. The molecule has 0 bridgehead atoms. The second-order valence-electron chi connectivity index (χ2n) is 4.50. The molecule has 4 nitrogen and oxygen atoms in total. The molecule has 0 heterocycles. The van der Waals surface area contributed by atoms with E-state index in [-0.39, 0.29) is 25.7 Å². The third kappa shape index (κ3) is 4.37. The second-order valence-corrected chi connectivity index (χ2v) is 5.34. The van der Waals surface area contributed by atoms with Crippen molar-refractivity contribution in [1.29, 1.82) is 0 Å². The summed E-state index contributed by atoms with van der Waals surface area (Å²) in [6.07, 6.45) is 0. The summed E-state index contributed by atoms with van der Waals surface area (Å²) in [7, 11) is 0. The van der Waals surface area contributed by atoms with E-state index < -0.39 is 0 Å². The van der Waals surface area contributed by atoms with Crippen LogP contribution in [0.2, 0.25) is 10.0 Å². The molecule has 22 heavy (non-hydrogen) atoms. The number of halogens is 2. The average Bonchev–Trinajstić information content (AvgIpc) is 2.52. The molecule has 2 N–H and O–H groups in total. The molecule has 6 heteroatoms. The van der Waals surface area contributed by atoms with E-state index in [1.54, 1.807) is 42.5 Å². The number of benzene rings is 2. The first kappa shape index (κ1) is 16.6. The summed E-state index contributed by atoms with van der Waals surface area (Å²) >= 11 is 11.9. The predicted molar refractivity (Wildman–Crippen MR) is 86.7 cm³/mol. The largest absolute Gasteiger partial charge is 0.488 e. The van der Waals surface area contributed by atoms with Gasteiger partial charge in [-0.2, -0.15) is 0 Å². The summed E-state index contributed by atoms with van der Waals surface area (Å²) in [4.78, 5) is 12.0. The summed E-state index contributed by atoms with van der Waals surface area (Å²) in [5.74, 6) is 0.149. The molecular formula is C16H15Cl2NO3. The average molecular weight is 340 g/mol. The van der Waals surface area contributed by atoms with Gasteiger partial charge in [-0.3, -0.25) is 4.79 Å². The van der Waals surface area contributed by atoms with Crippen LogP contribution in [-0.4, -0.2) is 24.2 Å². The van der Waals surface area contributed by atoms with Crippen LogP contribution >= 0.6 is 23.2 Å². The smallest absolute Gasteiger partial charge is 0.255 e. The monoisotopic (exact) mass is 339 g/mol. The minimum Gasteiger partial charge on any atom is -0.488 e. The van der Waals surface area contributed by atoms with Gasteiger partial charge in [0.2, 0.25) is 0 Å². The van der Waals surface area contributed by atoms with Gasteiger partial charge >= 0.3 is 0 Å². The van der Waals surface area contributed by atoms with Crippen LogP contribution in [0, 0.1) is 0 Å². The van der Waals surface area contributed by atoms with Gasteiger partial charge in [0, 0.05) is 22.2 Å². The van der Waals surface area contributed by atoms with Crippen molar-refractivity contribution >= 4 is 29.1 Å². The number of carbonyl (C=O) groups excluding carboxylic acids is 1. The lowest BCUT2D eigenvalue weighted by molar-refractivity contribution is 0.0940. The van der Waals surface area contributed by atoms with E-state index in [4.69, 9.17) is 33.0 Å². The normalized spacial score (nSPS) is 10.3. The maximum Gasteiger partial charge on any atom is 0.255 e. The van der Waals surface area contributed by atoms with Gasteiger partial charge in [0.05, 0.1) is 12.2 Å². The molecule has 116 valence electrons. The van der Waals surface area contributed by atoms with Crippen LogP contribution in [0.4, 0.5) is 0 Å². The zero-order valence-corrected chi connectivity index (χ0v) is 13.2. The number of ether oxygens (including phenoxy) is 1. The second kappa shape index (κ2) is 8.03. The van der Waals surface area contributed by atoms with E-state index in [0.29, 0.717) is 21.4 Å². The van der Waals surface area contributed by atoms with Crippen molar-refractivity contribution < 1.29 is 14.6 Å². The first-order valence-corrected chi connectivity index (χ1v) is 7.42. The third-order valence-corrected chi connectivity index (χ3v) is 3.51. The minimum atomic E-state index is -0.299. The van der Waals surface area contributed by atoms with Crippen molar-refractivity contribution in [2.24, 2.45) is 0 Å². The zero-order valence-electron chi connectivity index (χ0n) is 11.7. The van der Waals surface area contributed by atoms with Gasteiger partial charge in [-0.25, -0.2) is 0 Å². The summed E-state index contributed by atoms with van der Waals surface area (Å²) in [6.45, 7) is 0.297. The zero-order chi connectivity index (χ0) is 15.9. The molecule has 0 saturated heterocycles. The van der Waals surface area contributed by atoms with E-state index in [1.165, 1.54) is 0 Å². The highest BCUT2D eigenvalue weighted by Crippen LogP contribution is 2.24. The number of rotatable bonds is 6. The Labute approximate surface area is 138 Å². The van der Waals surface area contributed by atoms with Gasteiger partial charge in [-0.1, -0.05) is 41.4 Å². The molecule has 0 aliphatic heterocycles. The Morgan fingerprint density at radius 1 is 1.18 bits per heavy atom. The van der Waals surface area contributed by atoms with Gasteiger partial charge in [0.15, 0.2) is 0 Å². The molecular weight excluding hydrogens is 325 g/mol. The number of hydrogen-bond acceptors (Lipinski definition) is 3. The van der Waals surface area contributed by atoms with Gasteiger partial charge < -0.3 is 15.2 Å². The predicted octanol–water partition coefficient (Wildman–Crippen LogP) is 3.29. The lowest BCUT2D eigenvalue weighted by Crippen LogP contribution is -2.26. The summed E-state index contributed by atoms with van der Waals surface area (Å²) in [5.41, 5.74) is 1.18. The Bertz CT molecular complexity index is 662. The van der Waals surface area contributed by atoms with Crippen molar-refractivity contribution in [3.05, 3.63) is 63.6 Å². The maximum absolute atomic E-state index is 12.0. The van der Waals surface area contributed by atoms with E-state index >= 15 is 0 Å². The molecule has 0 saturated carbocycles. The van der Waals surface area contributed by atoms with Crippen LogP contribution in [0.15, 0.2) is 42.5 Å². The number of nitrogens with one attached hydrogen (secondary N) is 1. The number of amides is 1. The Balaban J connectivity index is 2.11. The van der Waals surface area contributed by atoms with Gasteiger partial charge in [0.25, 0.3) is 5.91 Å². The molecule has 0 unspecified atom stereocenters. The molecule has 2 aromatic carbocycles. The fraction of sp³-hybridized carbons (Fsp3) is 0.188. The van der Waals surface area contributed by atoms with Crippen LogP contribution in [0.1, 0.15) is 15.9 Å². The van der Waals surface area contributed by atoms with E-state index in [0.717, 1.165) is 5.56 Å². The highest BCUT2D eigenvalue weighted by Gasteiger charge is 2.12. The maximum atomic E-state index is 12.0. The van der Waals surface area contributed by atoms with Gasteiger partial charge in [0.1, 0.15) is 12.4 Å². The Hall–Kier alpha value is -1.75. The standard InChI is InChI=1S/C16H15Cl2NO3/c17-12-6-5-11(14(18)9-12)10-22-15-4-2-1-3-13(15)16(21)19-7-8-20/h1-6,9,20H,7-8,10H2,(H,19,21). The minimum absolute atomic E-state index is 0.116. The topological polar surface area (TPSA) is 58.6 Å². The van der Waals surface area contributed by atoms with E-state index in [2.05, 4.69) is 5.32 Å². The molecule has 0 aliphatic carbocycles. The quantitative estimate of drug-likeness (QED) is 0.848. The van der Waals surface area contributed by atoms with Crippen molar-refractivity contribution in [3.8, 4) is 5.75 Å². The van der Waals surface area contributed by atoms with Crippen LogP contribution in [-0.2, 0) is 6.61 Å². The first-order valence-electron chi connectivity index (χ1n) is 6.66. The van der Waals surface area contributed by atoms with Crippen LogP contribution in [0.5, 0.6) is 5.75 Å². The van der Waals surface area contributed by atoms with Crippen molar-refractivity contribution in [1.82, 2.24) is 5.32 Å². The molecule has 0 radical (unpaired) electrons. The molecule has 0 spiro atoms. The van der Waals surface area contributed by atoms with Crippen LogP contribution in [0.3, 0.4) is 0 Å². The van der Waals surface area contributed by atoms with Gasteiger partial charge in [-0.15, -0.1) is 0 Å². The summed E-state index contributed by atoms with van der Waals surface area (Å²) < 4.78 is 5.69. The Morgan fingerprint density at radius 3 is 2.68 bits per heavy atom. The molecule has 0 fully saturated rings. The molecule has 0 aromatic heterocycles. The lowest BCUT2D eigenvalue weighted by Gasteiger charge is -2.12. The van der Waals surface area contributed by atoms with Crippen molar-refractivity contribution in [3.63, 3.8) is 0 Å². The highest BCUT2D eigenvalue weighted by atomic mass is 35.5. The lowest BCUT2D eigenvalue weighted by atomic mass is 10.2. The summed E-state index contributed by atoms with van der Waals surface area (Å²) in [5, 5.41) is 12.4. The molecule has 0 aliphatic rings. The molecule has 2 aromatic rings. The number of hydrogen-bond donors (Lipinski definition) is 2. The number of aliphatic hydroxyl groups excluding tert-OH is 1. The fourth-order valence-electron chi connectivity index (χ4n) is 1.84. The summed E-state index contributed by atoms with van der Waals surface area (Å²) in [6, 6.07) is 12.0. The molecule has 2 rings (SSSR count). The SMILES string of the molecule is O=C(NCCO)c1ccccc1OCc1ccc(Cl)cc1Cl. The molecule has 0 atom stereocenters. The number of para-hydroxylation sites is 1. The third-order valence-electron chi connectivity index (χ3n) is 2.93. The number of carbonyl (C=O) groups is 1. The first-order chi connectivity index (χ1) is 10.6. The van der Waals surface area contributed by atoms with Crippen molar-refractivity contribution in [2.75, 3.05) is 13.2 Å². The molecule has 1 amide bonds. The van der Waals surface area contributed by atoms with Crippen molar-refractivity contribution in [2.45, 2.75) is 6.61 Å². The highest BCUT2D eigenvalue weighted by molar-refractivity contribution is 6.35. The van der Waals surface area contributed by atoms with Crippen LogP contribution in [0.25, 0.3) is 0 Å². The van der Waals surface area contributed by atoms with Gasteiger partial charge in [-0.05, 0) is 24.3 Å². The van der Waals surface area contributed by atoms with Crippen LogP contribution < -0.4 is 10.1 Å².